The van der Waals surface area contributed by atoms with Crippen molar-refractivity contribution in [1.29, 1.82) is 0 Å². The van der Waals surface area contributed by atoms with E-state index in [4.69, 9.17) is 4.74 Å². The number of aromatic hydroxyl groups is 1. The first-order valence-corrected chi connectivity index (χ1v) is 11.7. The van der Waals surface area contributed by atoms with Crippen LogP contribution in [0.25, 0.3) is 0 Å². The van der Waals surface area contributed by atoms with Crippen LogP contribution in [0.5, 0.6) is 11.5 Å². The van der Waals surface area contributed by atoms with E-state index in [0.717, 1.165) is 66.8 Å². The van der Waals surface area contributed by atoms with Crippen molar-refractivity contribution in [3.63, 3.8) is 0 Å². The van der Waals surface area contributed by atoms with Crippen LogP contribution in [-0.2, 0) is 9.59 Å². The third-order valence-corrected chi connectivity index (χ3v) is 6.82. The first-order chi connectivity index (χ1) is 14.5. The van der Waals surface area contributed by atoms with Crippen molar-refractivity contribution in [2.24, 2.45) is 0 Å². The van der Waals surface area contributed by atoms with Gasteiger partial charge in [-0.25, -0.2) is 0 Å². The minimum atomic E-state index is -0.389. The average molecular weight is 474 g/mol. The van der Waals surface area contributed by atoms with Crippen LogP contribution < -0.4 is 4.74 Å². The number of allylic oxidation sites excluding steroid dienone is 4. The predicted octanol–water partition coefficient (Wildman–Crippen LogP) is 5.38. The molecule has 0 atom stereocenters. The Morgan fingerprint density at radius 3 is 2.17 bits per heavy atom. The lowest BCUT2D eigenvalue weighted by Crippen LogP contribution is -2.39. The summed E-state index contributed by atoms with van der Waals surface area (Å²) >= 11 is 3.43. The molecule has 3 aliphatic rings. The van der Waals surface area contributed by atoms with Crippen LogP contribution in [-0.4, -0.2) is 34.7 Å². The number of phenolic OH excluding ortho intramolecular Hbond substituents is 1. The summed E-state index contributed by atoms with van der Waals surface area (Å²) in [6.07, 6.45) is 5.42. The lowest BCUT2D eigenvalue weighted by atomic mass is 9.71. The maximum Gasteiger partial charge on any atom is 0.172 e. The molecule has 0 saturated carbocycles. The molecule has 30 heavy (non-hydrogen) atoms. The summed E-state index contributed by atoms with van der Waals surface area (Å²) in [5, 5.41) is 10.4. The number of Topliss-reactive ketones (excluding diaryl/α,β-unsaturated/α-hetero) is 2. The second kappa shape index (κ2) is 8.58. The number of halogens is 1. The van der Waals surface area contributed by atoms with Gasteiger partial charge in [-0.05, 0) is 72.7 Å². The molecular weight excluding hydrogens is 446 g/mol. The number of benzene rings is 1. The van der Waals surface area contributed by atoms with Gasteiger partial charge in [0.2, 0.25) is 0 Å². The van der Waals surface area contributed by atoms with E-state index in [1.165, 1.54) is 0 Å². The van der Waals surface area contributed by atoms with Gasteiger partial charge in [-0.1, -0.05) is 6.92 Å². The SMILES string of the molecule is CCCN1C2=C(C(=O)CCC2)C(c2cc(Br)c(O)c(OCC)c2)C2=C1CCCC2=O. The maximum absolute atomic E-state index is 13.2. The Hall–Kier alpha value is -2.08. The molecule has 2 aliphatic carbocycles. The minimum absolute atomic E-state index is 0.0392. The predicted molar refractivity (Wildman–Crippen MR) is 118 cm³/mol. The molecule has 4 rings (SSSR count). The molecular formula is C24H28BrNO4. The van der Waals surface area contributed by atoms with E-state index < -0.39 is 0 Å². The van der Waals surface area contributed by atoms with Gasteiger partial charge in [0.25, 0.3) is 0 Å². The molecule has 6 heteroatoms. The number of rotatable bonds is 5. The zero-order valence-corrected chi connectivity index (χ0v) is 19.2. The Morgan fingerprint density at radius 2 is 1.63 bits per heavy atom. The number of carbonyl (C=O) groups excluding carboxylic acids is 2. The number of carbonyl (C=O) groups is 2. The highest BCUT2D eigenvalue weighted by atomic mass is 79.9. The third-order valence-electron chi connectivity index (χ3n) is 6.22. The number of ketones is 2. The normalized spacial score (nSPS) is 19.9. The smallest absolute Gasteiger partial charge is 0.172 e. The summed E-state index contributed by atoms with van der Waals surface area (Å²) in [6, 6.07) is 3.62. The summed E-state index contributed by atoms with van der Waals surface area (Å²) in [5.41, 5.74) is 4.54. The molecule has 0 saturated heterocycles. The second-order valence-corrected chi connectivity index (χ2v) is 9.00. The van der Waals surface area contributed by atoms with Crippen molar-refractivity contribution in [1.82, 2.24) is 4.90 Å². The van der Waals surface area contributed by atoms with Crippen molar-refractivity contribution in [2.45, 2.75) is 64.7 Å². The van der Waals surface area contributed by atoms with Crippen molar-refractivity contribution in [3.05, 3.63) is 44.7 Å². The fourth-order valence-corrected chi connectivity index (χ4v) is 5.53. The topological polar surface area (TPSA) is 66.8 Å². The molecule has 1 heterocycles. The zero-order valence-electron chi connectivity index (χ0n) is 17.6. The monoisotopic (exact) mass is 473 g/mol. The fourth-order valence-electron chi connectivity index (χ4n) is 5.07. The summed E-state index contributed by atoms with van der Waals surface area (Å²) < 4.78 is 6.15. The van der Waals surface area contributed by atoms with Crippen LogP contribution in [0.3, 0.4) is 0 Å². The number of phenols is 1. The highest BCUT2D eigenvalue weighted by molar-refractivity contribution is 9.10. The van der Waals surface area contributed by atoms with Gasteiger partial charge in [0.15, 0.2) is 23.1 Å². The Morgan fingerprint density at radius 1 is 1.03 bits per heavy atom. The Bertz CT molecular complexity index is 918. The summed E-state index contributed by atoms with van der Waals surface area (Å²) in [5.74, 6) is 0.287. The Labute approximate surface area is 185 Å². The van der Waals surface area contributed by atoms with Crippen LogP contribution in [0.1, 0.15) is 70.3 Å². The van der Waals surface area contributed by atoms with Gasteiger partial charge >= 0.3 is 0 Å². The second-order valence-electron chi connectivity index (χ2n) is 8.14. The zero-order chi connectivity index (χ0) is 21.4. The average Bonchev–Trinajstić information content (AvgIpc) is 2.72. The summed E-state index contributed by atoms with van der Waals surface area (Å²) in [4.78, 5) is 28.7. The van der Waals surface area contributed by atoms with E-state index in [1.54, 1.807) is 6.07 Å². The van der Waals surface area contributed by atoms with Gasteiger partial charge in [-0.3, -0.25) is 9.59 Å². The van der Waals surface area contributed by atoms with Crippen molar-refractivity contribution in [3.8, 4) is 11.5 Å². The maximum atomic E-state index is 13.2. The lowest BCUT2D eigenvalue weighted by Gasteiger charge is -2.44. The van der Waals surface area contributed by atoms with Crippen molar-refractivity contribution < 1.29 is 19.4 Å². The first-order valence-electron chi connectivity index (χ1n) is 10.9. The summed E-state index contributed by atoms with van der Waals surface area (Å²) in [6.45, 7) is 5.24. The largest absolute Gasteiger partial charge is 0.503 e. The van der Waals surface area contributed by atoms with E-state index in [1.807, 2.05) is 13.0 Å². The molecule has 1 aromatic carbocycles. The highest BCUT2D eigenvalue weighted by Gasteiger charge is 2.43. The molecule has 0 spiro atoms. The number of ether oxygens (including phenoxy) is 1. The van der Waals surface area contributed by atoms with Crippen molar-refractivity contribution >= 4 is 27.5 Å². The molecule has 0 aromatic heterocycles. The van der Waals surface area contributed by atoms with Crippen LogP contribution in [0.4, 0.5) is 0 Å². The molecule has 0 bridgehead atoms. The standard InChI is InChI=1S/C24H28BrNO4/c1-3-11-26-16-7-5-9-18(27)22(16)21(23-17(26)8-6-10-19(23)28)14-12-15(25)24(29)20(13-14)30-4-2/h12-13,21,29H,3-11H2,1-2H3. The lowest BCUT2D eigenvalue weighted by molar-refractivity contribution is -0.117. The number of hydrogen-bond donors (Lipinski definition) is 1. The van der Waals surface area contributed by atoms with E-state index in [2.05, 4.69) is 27.8 Å². The van der Waals surface area contributed by atoms with Crippen LogP contribution >= 0.6 is 15.9 Å². The van der Waals surface area contributed by atoms with Gasteiger partial charge in [0, 0.05) is 47.8 Å². The third kappa shape index (κ3) is 3.49. The van der Waals surface area contributed by atoms with Crippen molar-refractivity contribution in [2.75, 3.05) is 13.2 Å². The van der Waals surface area contributed by atoms with Gasteiger partial charge < -0.3 is 14.7 Å². The van der Waals surface area contributed by atoms with E-state index >= 15 is 0 Å². The number of hydrogen-bond acceptors (Lipinski definition) is 5. The first kappa shape index (κ1) is 21.2. The molecule has 0 radical (unpaired) electrons. The van der Waals surface area contributed by atoms with Gasteiger partial charge in [-0.15, -0.1) is 0 Å². The summed E-state index contributed by atoms with van der Waals surface area (Å²) in [7, 11) is 0. The van der Waals surface area contributed by atoms with E-state index in [0.29, 0.717) is 29.7 Å². The van der Waals surface area contributed by atoms with Crippen LogP contribution in [0, 0.1) is 0 Å². The van der Waals surface area contributed by atoms with Crippen LogP contribution in [0.2, 0.25) is 0 Å². The minimum Gasteiger partial charge on any atom is -0.503 e. The van der Waals surface area contributed by atoms with E-state index in [9.17, 15) is 14.7 Å². The number of nitrogens with zero attached hydrogens (tertiary/aromatic N) is 1. The highest BCUT2D eigenvalue weighted by Crippen LogP contribution is 2.50. The van der Waals surface area contributed by atoms with Gasteiger partial charge in [-0.2, -0.15) is 0 Å². The molecule has 0 amide bonds. The molecule has 1 aliphatic heterocycles. The molecule has 160 valence electrons. The van der Waals surface area contributed by atoms with Gasteiger partial charge in [0.05, 0.1) is 11.1 Å². The molecule has 5 nitrogen and oxygen atoms in total. The molecule has 1 aromatic rings. The Kier molecular flexibility index (Phi) is 6.05. The molecule has 0 unspecified atom stereocenters. The van der Waals surface area contributed by atoms with E-state index in [-0.39, 0.29) is 23.2 Å². The fraction of sp³-hybridized carbons (Fsp3) is 0.500. The Balaban J connectivity index is 1.96. The molecule has 1 N–H and O–H groups in total. The van der Waals surface area contributed by atoms with Gasteiger partial charge in [0.1, 0.15) is 0 Å². The van der Waals surface area contributed by atoms with Crippen LogP contribution in [0.15, 0.2) is 39.1 Å². The quantitative estimate of drug-likeness (QED) is 0.621. The molecule has 0 fully saturated rings.